The Hall–Kier alpha value is -1.06. The van der Waals surface area contributed by atoms with E-state index in [2.05, 4.69) is 0 Å². The van der Waals surface area contributed by atoms with Crippen LogP contribution in [0, 0.1) is 0 Å². The van der Waals surface area contributed by atoms with Gasteiger partial charge in [-0.1, -0.05) is 12.1 Å². The Labute approximate surface area is 96.2 Å². The zero-order valence-corrected chi connectivity index (χ0v) is 9.65. The lowest BCUT2D eigenvalue weighted by atomic mass is 9.92. The van der Waals surface area contributed by atoms with Gasteiger partial charge in [0, 0.05) is 6.04 Å². The molecule has 3 N–H and O–H groups in total. The van der Waals surface area contributed by atoms with Crippen molar-refractivity contribution in [3.63, 3.8) is 0 Å². The maximum Gasteiger partial charge on any atom is 0.119 e. The number of ether oxygens (including phenoxy) is 1. The van der Waals surface area contributed by atoms with Crippen LogP contribution >= 0.6 is 0 Å². The summed E-state index contributed by atoms with van der Waals surface area (Å²) < 4.78 is 5.44. The summed E-state index contributed by atoms with van der Waals surface area (Å²) in [6.07, 6.45) is 2.27. The van der Waals surface area contributed by atoms with Crippen LogP contribution in [-0.4, -0.2) is 17.8 Å². The van der Waals surface area contributed by atoms with E-state index in [9.17, 15) is 5.11 Å². The Bertz CT molecular complexity index is 367. The summed E-state index contributed by atoms with van der Waals surface area (Å²) in [7, 11) is 0. The first kappa shape index (κ1) is 11.4. The van der Waals surface area contributed by atoms with Gasteiger partial charge in [0.1, 0.15) is 5.75 Å². The highest BCUT2D eigenvalue weighted by Crippen LogP contribution is 2.38. The van der Waals surface area contributed by atoms with E-state index in [4.69, 9.17) is 10.5 Å². The zero-order valence-electron chi connectivity index (χ0n) is 9.65. The van der Waals surface area contributed by atoms with E-state index in [1.54, 1.807) is 0 Å². The predicted octanol–water partition coefficient (Wildman–Crippen LogP) is 1.78. The van der Waals surface area contributed by atoms with Crippen LogP contribution in [0.2, 0.25) is 0 Å². The molecule has 3 heteroatoms. The van der Waals surface area contributed by atoms with Crippen LogP contribution in [0.1, 0.15) is 31.7 Å². The number of aliphatic hydroxyl groups is 1. The maximum atomic E-state index is 10.5. The third kappa shape index (κ3) is 2.20. The molecule has 0 spiro atoms. The standard InChI is InChI=1S/C13H19NO2/c1-2-16-12-5-3-4-10(8-12)13(15)7-6-11(14)9-13/h3-5,8,11,15H,2,6-7,9,14H2,1H3. The van der Waals surface area contributed by atoms with Crippen LogP contribution in [0.15, 0.2) is 24.3 Å². The molecule has 0 heterocycles. The van der Waals surface area contributed by atoms with Gasteiger partial charge in [0.25, 0.3) is 0 Å². The average molecular weight is 221 g/mol. The van der Waals surface area contributed by atoms with Gasteiger partial charge in [0.2, 0.25) is 0 Å². The van der Waals surface area contributed by atoms with Gasteiger partial charge in [-0.15, -0.1) is 0 Å². The van der Waals surface area contributed by atoms with Gasteiger partial charge >= 0.3 is 0 Å². The molecule has 2 atom stereocenters. The lowest BCUT2D eigenvalue weighted by Crippen LogP contribution is -2.25. The molecule has 2 unspecified atom stereocenters. The van der Waals surface area contributed by atoms with E-state index < -0.39 is 5.60 Å². The highest BCUT2D eigenvalue weighted by molar-refractivity contribution is 5.33. The van der Waals surface area contributed by atoms with Crippen molar-refractivity contribution >= 4 is 0 Å². The van der Waals surface area contributed by atoms with Crippen molar-refractivity contribution in [1.29, 1.82) is 0 Å². The first-order chi connectivity index (χ1) is 7.64. The zero-order chi connectivity index (χ0) is 11.6. The SMILES string of the molecule is CCOc1cccc(C2(O)CCC(N)C2)c1. The second kappa shape index (κ2) is 4.44. The van der Waals surface area contributed by atoms with Crippen molar-refractivity contribution in [1.82, 2.24) is 0 Å². The first-order valence-electron chi connectivity index (χ1n) is 5.85. The van der Waals surface area contributed by atoms with E-state index >= 15 is 0 Å². The molecule has 1 aromatic carbocycles. The fourth-order valence-corrected chi connectivity index (χ4v) is 2.37. The Morgan fingerprint density at radius 1 is 1.56 bits per heavy atom. The minimum absolute atomic E-state index is 0.112. The van der Waals surface area contributed by atoms with Crippen LogP contribution < -0.4 is 10.5 Å². The van der Waals surface area contributed by atoms with Gasteiger partial charge in [-0.25, -0.2) is 0 Å². The summed E-state index contributed by atoms with van der Waals surface area (Å²) in [6, 6.07) is 7.80. The molecule has 16 heavy (non-hydrogen) atoms. The highest BCUT2D eigenvalue weighted by atomic mass is 16.5. The quantitative estimate of drug-likeness (QED) is 0.818. The Morgan fingerprint density at radius 2 is 2.38 bits per heavy atom. The normalized spacial score (nSPS) is 29.3. The Kier molecular flexibility index (Phi) is 3.17. The minimum atomic E-state index is -0.757. The van der Waals surface area contributed by atoms with Crippen LogP contribution in [0.5, 0.6) is 5.75 Å². The number of benzene rings is 1. The Balaban J connectivity index is 2.22. The molecule has 88 valence electrons. The molecule has 3 nitrogen and oxygen atoms in total. The molecule has 2 rings (SSSR count). The van der Waals surface area contributed by atoms with Gasteiger partial charge in [-0.2, -0.15) is 0 Å². The van der Waals surface area contributed by atoms with E-state index in [0.717, 1.165) is 24.2 Å². The second-order valence-electron chi connectivity index (χ2n) is 4.50. The molecule has 1 aromatic rings. The summed E-state index contributed by atoms with van der Waals surface area (Å²) in [5.41, 5.74) is 6.02. The van der Waals surface area contributed by atoms with E-state index in [0.29, 0.717) is 13.0 Å². The largest absolute Gasteiger partial charge is 0.494 e. The van der Waals surface area contributed by atoms with Crippen molar-refractivity contribution in [2.24, 2.45) is 5.73 Å². The average Bonchev–Trinajstić information content (AvgIpc) is 2.61. The van der Waals surface area contributed by atoms with Crippen LogP contribution in [0.25, 0.3) is 0 Å². The molecular weight excluding hydrogens is 202 g/mol. The molecule has 0 amide bonds. The lowest BCUT2D eigenvalue weighted by Gasteiger charge is -2.23. The summed E-state index contributed by atoms with van der Waals surface area (Å²) in [4.78, 5) is 0. The molecule has 0 saturated heterocycles. The van der Waals surface area contributed by atoms with Gasteiger partial charge in [-0.05, 0) is 43.9 Å². The number of rotatable bonds is 3. The van der Waals surface area contributed by atoms with Crippen molar-refractivity contribution in [2.45, 2.75) is 37.8 Å². The van der Waals surface area contributed by atoms with E-state index in [1.165, 1.54) is 0 Å². The fraction of sp³-hybridized carbons (Fsp3) is 0.538. The van der Waals surface area contributed by atoms with Gasteiger partial charge in [0.15, 0.2) is 0 Å². The molecule has 0 bridgehead atoms. The summed E-state index contributed by atoms with van der Waals surface area (Å²) in [5.74, 6) is 0.814. The highest BCUT2D eigenvalue weighted by Gasteiger charge is 2.37. The third-order valence-corrected chi connectivity index (χ3v) is 3.21. The molecule has 1 aliphatic rings. The monoisotopic (exact) mass is 221 g/mol. The van der Waals surface area contributed by atoms with Gasteiger partial charge in [-0.3, -0.25) is 0 Å². The van der Waals surface area contributed by atoms with Crippen LogP contribution in [-0.2, 0) is 5.60 Å². The lowest BCUT2D eigenvalue weighted by molar-refractivity contribution is 0.0428. The second-order valence-corrected chi connectivity index (χ2v) is 4.50. The maximum absolute atomic E-state index is 10.5. The van der Waals surface area contributed by atoms with Crippen LogP contribution in [0.4, 0.5) is 0 Å². The number of hydrogen-bond acceptors (Lipinski definition) is 3. The Morgan fingerprint density at radius 3 is 3.00 bits per heavy atom. The molecule has 1 fully saturated rings. The van der Waals surface area contributed by atoms with Crippen LogP contribution in [0.3, 0.4) is 0 Å². The molecule has 0 aliphatic heterocycles. The summed E-state index contributed by atoms with van der Waals surface area (Å²) in [5, 5.41) is 10.5. The molecule has 0 radical (unpaired) electrons. The topological polar surface area (TPSA) is 55.5 Å². The van der Waals surface area contributed by atoms with Crippen molar-refractivity contribution in [3.05, 3.63) is 29.8 Å². The smallest absolute Gasteiger partial charge is 0.119 e. The minimum Gasteiger partial charge on any atom is -0.494 e. The third-order valence-electron chi connectivity index (χ3n) is 3.21. The predicted molar refractivity (Wildman–Crippen MR) is 63.3 cm³/mol. The van der Waals surface area contributed by atoms with E-state index in [-0.39, 0.29) is 6.04 Å². The van der Waals surface area contributed by atoms with Crippen molar-refractivity contribution in [2.75, 3.05) is 6.61 Å². The van der Waals surface area contributed by atoms with Gasteiger partial charge in [0.05, 0.1) is 12.2 Å². The summed E-state index contributed by atoms with van der Waals surface area (Å²) in [6.45, 7) is 2.59. The van der Waals surface area contributed by atoms with Crippen molar-refractivity contribution < 1.29 is 9.84 Å². The fourth-order valence-electron chi connectivity index (χ4n) is 2.37. The molecule has 1 saturated carbocycles. The van der Waals surface area contributed by atoms with E-state index in [1.807, 2.05) is 31.2 Å². The molecule has 1 aliphatic carbocycles. The number of nitrogens with two attached hydrogens (primary N) is 1. The number of hydrogen-bond donors (Lipinski definition) is 2. The first-order valence-corrected chi connectivity index (χ1v) is 5.85. The summed E-state index contributed by atoms with van der Waals surface area (Å²) >= 11 is 0. The molecular formula is C13H19NO2. The molecule has 0 aromatic heterocycles. The van der Waals surface area contributed by atoms with Gasteiger partial charge < -0.3 is 15.6 Å². The van der Waals surface area contributed by atoms with Crippen molar-refractivity contribution in [3.8, 4) is 5.75 Å².